The molecule has 1 atom stereocenters. The summed E-state index contributed by atoms with van der Waals surface area (Å²) in [4.78, 5) is 12.6. The minimum Gasteiger partial charge on any atom is -0.481 e. The maximum Gasteiger partial charge on any atom is 0.265 e. The van der Waals surface area contributed by atoms with Gasteiger partial charge in [0.2, 0.25) is 0 Å². The Kier molecular flexibility index (Phi) is 5.73. The lowest BCUT2D eigenvalue weighted by molar-refractivity contribution is -0.122. The summed E-state index contributed by atoms with van der Waals surface area (Å²) in [6, 6.07) is 13.3. The lowest BCUT2D eigenvalue weighted by Crippen LogP contribution is -2.30. The lowest BCUT2D eigenvalue weighted by atomic mass is 9.98. The number of tetrazole rings is 1. The average Bonchev–Trinajstić information content (AvgIpc) is 3.07. The molecule has 7 nitrogen and oxygen atoms in total. The SMILES string of the molecule is Cc1cc(OC(C)C(=O)Nc2cccc(-c3nnnn3C)c2)ccc1C(C)C. The van der Waals surface area contributed by atoms with E-state index in [4.69, 9.17) is 4.74 Å². The molecule has 1 amide bonds. The molecule has 0 aliphatic heterocycles. The number of nitrogens with one attached hydrogen (secondary N) is 1. The van der Waals surface area contributed by atoms with Crippen molar-refractivity contribution in [1.29, 1.82) is 0 Å². The van der Waals surface area contributed by atoms with Crippen LogP contribution >= 0.6 is 0 Å². The number of amides is 1. The van der Waals surface area contributed by atoms with Crippen LogP contribution < -0.4 is 10.1 Å². The number of ether oxygens (including phenoxy) is 1. The van der Waals surface area contributed by atoms with Gasteiger partial charge in [-0.15, -0.1) is 5.10 Å². The maximum atomic E-state index is 12.6. The molecule has 0 spiro atoms. The van der Waals surface area contributed by atoms with E-state index >= 15 is 0 Å². The van der Waals surface area contributed by atoms with Crippen LogP contribution in [0.1, 0.15) is 37.8 Å². The first kappa shape index (κ1) is 19.5. The molecular weight excluding hydrogens is 354 g/mol. The number of hydrogen-bond acceptors (Lipinski definition) is 5. The molecule has 7 heteroatoms. The molecule has 146 valence electrons. The van der Waals surface area contributed by atoms with E-state index in [2.05, 4.69) is 47.7 Å². The van der Waals surface area contributed by atoms with E-state index < -0.39 is 6.10 Å². The monoisotopic (exact) mass is 379 g/mol. The van der Waals surface area contributed by atoms with E-state index in [-0.39, 0.29) is 5.91 Å². The van der Waals surface area contributed by atoms with Gasteiger partial charge in [0.1, 0.15) is 5.75 Å². The second-order valence-electron chi connectivity index (χ2n) is 7.13. The summed E-state index contributed by atoms with van der Waals surface area (Å²) in [5.74, 6) is 1.54. The van der Waals surface area contributed by atoms with Gasteiger partial charge in [-0.05, 0) is 65.6 Å². The van der Waals surface area contributed by atoms with Crippen LogP contribution in [0.15, 0.2) is 42.5 Å². The highest BCUT2D eigenvalue weighted by molar-refractivity contribution is 5.94. The number of hydrogen-bond donors (Lipinski definition) is 1. The Hall–Kier alpha value is -3.22. The summed E-state index contributed by atoms with van der Waals surface area (Å²) in [7, 11) is 1.77. The highest BCUT2D eigenvalue weighted by atomic mass is 16.5. The van der Waals surface area contributed by atoms with E-state index in [0.29, 0.717) is 23.2 Å². The van der Waals surface area contributed by atoms with Gasteiger partial charge in [-0.25, -0.2) is 4.68 Å². The molecule has 2 aromatic carbocycles. The van der Waals surface area contributed by atoms with Crippen molar-refractivity contribution < 1.29 is 9.53 Å². The highest BCUT2D eigenvalue weighted by Crippen LogP contribution is 2.24. The summed E-state index contributed by atoms with van der Waals surface area (Å²) in [5.41, 5.74) is 3.91. The number of benzene rings is 2. The summed E-state index contributed by atoms with van der Waals surface area (Å²) in [6.45, 7) is 8.10. The summed E-state index contributed by atoms with van der Waals surface area (Å²) in [6.07, 6.45) is -0.635. The van der Waals surface area contributed by atoms with Crippen molar-refractivity contribution in [2.45, 2.75) is 39.7 Å². The molecule has 1 unspecified atom stereocenters. The number of aromatic nitrogens is 4. The van der Waals surface area contributed by atoms with E-state index in [9.17, 15) is 4.79 Å². The summed E-state index contributed by atoms with van der Waals surface area (Å²) in [5, 5.41) is 14.3. The second-order valence-corrected chi connectivity index (χ2v) is 7.13. The fraction of sp³-hybridized carbons (Fsp3) is 0.333. The van der Waals surface area contributed by atoms with Crippen molar-refractivity contribution in [1.82, 2.24) is 20.2 Å². The zero-order chi connectivity index (χ0) is 20.3. The Morgan fingerprint density at radius 3 is 2.57 bits per heavy atom. The third kappa shape index (κ3) is 4.36. The Morgan fingerprint density at radius 1 is 1.14 bits per heavy atom. The Morgan fingerprint density at radius 2 is 1.93 bits per heavy atom. The van der Waals surface area contributed by atoms with Gasteiger partial charge in [-0.1, -0.05) is 32.0 Å². The van der Waals surface area contributed by atoms with Crippen LogP contribution in [0.3, 0.4) is 0 Å². The molecule has 0 bridgehead atoms. The molecule has 1 aromatic heterocycles. The van der Waals surface area contributed by atoms with E-state index in [0.717, 1.165) is 11.1 Å². The van der Waals surface area contributed by atoms with Gasteiger partial charge >= 0.3 is 0 Å². The molecular formula is C21H25N5O2. The zero-order valence-electron chi connectivity index (χ0n) is 16.8. The maximum absolute atomic E-state index is 12.6. The predicted molar refractivity (Wildman–Crippen MR) is 108 cm³/mol. The Bertz CT molecular complexity index is 980. The van der Waals surface area contributed by atoms with Gasteiger partial charge in [0, 0.05) is 18.3 Å². The highest BCUT2D eigenvalue weighted by Gasteiger charge is 2.16. The second kappa shape index (κ2) is 8.21. The number of carbonyl (C=O) groups is 1. The van der Waals surface area contributed by atoms with Gasteiger partial charge in [-0.2, -0.15) is 0 Å². The smallest absolute Gasteiger partial charge is 0.265 e. The average molecular weight is 379 g/mol. The topological polar surface area (TPSA) is 81.9 Å². The molecule has 0 radical (unpaired) electrons. The van der Waals surface area contributed by atoms with Crippen LogP contribution in [0, 0.1) is 6.92 Å². The first-order valence-electron chi connectivity index (χ1n) is 9.26. The van der Waals surface area contributed by atoms with Crippen LogP contribution in [0.2, 0.25) is 0 Å². The Balaban J connectivity index is 1.68. The molecule has 1 heterocycles. The van der Waals surface area contributed by atoms with E-state index in [1.165, 1.54) is 5.56 Å². The van der Waals surface area contributed by atoms with Crippen LogP contribution in [-0.2, 0) is 11.8 Å². The largest absolute Gasteiger partial charge is 0.481 e. The molecule has 0 saturated carbocycles. The Labute approximate surface area is 164 Å². The molecule has 1 N–H and O–H groups in total. The molecule has 0 aliphatic carbocycles. The van der Waals surface area contributed by atoms with Crippen molar-refractivity contribution in [2.75, 3.05) is 5.32 Å². The fourth-order valence-electron chi connectivity index (χ4n) is 3.08. The third-order valence-corrected chi connectivity index (χ3v) is 4.55. The van der Waals surface area contributed by atoms with E-state index in [1.807, 2.05) is 36.4 Å². The standard InChI is InChI=1S/C21H25N5O2/c1-13(2)19-10-9-18(11-14(19)3)28-15(4)21(27)22-17-8-6-7-16(12-17)20-23-24-25-26(20)5/h6-13,15H,1-5H3,(H,22,27). The van der Waals surface area contributed by atoms with Crippen molar-refractivity contribution in [2.24, 2.45) is 7.05 Å². The van der Waals surface area contributed by atoms with Crippen LogP contribution in [0.25, 0.3) is 11.4 Å². The predicted octanol–water partition coefficient (Wildman–Crippen LogP) is 3.71. The molecule has 0 fully saturated rings. The van der Waals surface area contributed by atoms with Crippen LogP contribution in [0.4, 0.5) is 5.69 Å². The minimum atomic E-state index is -0.635. The van der Waals surface area contributed by atoms with Gasteiger partial charge in [0.15, 0.2) is 11.9 Å². The van der Waals surface area contributed by atoms with Crippen molar-refractivity contribution in [3.05, 3.63) is 53.6 Å². The number of anilines is 1. The third-order valence-electron chi connectivity index (χ3n) is 4.55. The van der Waals surface area contributed by atoms with Crippen molar-refractivity contribution >= 4 is 11.6 Å². The summed E-state index contributed by atoms with van der Waals surface area (Å²) >= 11 is 0. The molecule has 0 aliphatic rings. The lowest BCUT2D eigenvalue weighted by Gasteiger charge is -2.17. The number of aryl methyl sites for hydroxylation is 2. The molecule has 28 heavy (non-hydrogen) atoms. The number of nitrogens with zero attached hydrogens (tertiary/aromatic N) is 4. The van der Waals surface area contributed by atoms with Gasteiger partial charge in [-0.3, -0.25) is 4.79 Å². The normalized spacial score (nSPS) is 12.1. The number of carbonyl (C=O) groups excluding carboxylic acids is 1. The van der Waals surface area contributed by atoms with Crippen LogP contribution in [0.5, 0.6) is 5.75 Å². The molecule has 3 rings (SSSR count). The summed E-state index contributed by atoms with van der Waals surface area (Å²) < 4.78 is 7.42. The van der Waals surface area contributed by atoms with Crippen LogP contribution in [-0.4, -0.2) is 32.2 Å². The molecule has 3 aromatic rings. The number of rotatable bonds is 6. The fourth-order valence-corrected chi connectivity index (χ4v) is 3.08. The minimum absolute atomic E-state index is 0.223. The van der Waals surface area contributed by atoms with Crippen molar-refractivity contribution in [3.8, 4) is 17.1 Å². The quantitative estimate of drug-likeness (QED) is 0.706. The van der Waals surface area contributed by atoms with Gasteiger partial charge in [0.25, 0.3) is 5.91 Å². The first-order valence-corrected chi connectivity index (χ1v) is 9.26. The first-order chi connectivity index (χ1) is 13.3. The zero-order valence-corrected chi connectivity index (χ0v) is 16.8. The van der Waals surface area contributed by atoms with Gasteiger partial charge < -0.3 is 10.1 Å². The van der Waals surface area contributed by atoms with Crippen molar-refractivity contribution in [3.63, 3.8) is 0 Å². The van der Waals surface area contributed by atoms with Gasteiger partial charge in [0.05, 0.1) is 0 Å². The van der Waals surface area contributed by atoms with E-state index in [1.54, 1.807) is 18.7 Å². The molecule has 0 saturated heterocycles.